The van der Waals surface area contributed by atoms with E-state index in [9.17, 15) is 12.8 Å². The molecule has 0 saturated carbocycles. The van der Waals surface area contributed by atoms with Gasteiger partial charge in [0.15, 0.2) is 0 Å². The van der Waals surface area contributed by atoms with Gasteiger partial charge >= 0.3 is 0 Å². The van der Waals surface area contributed by atoms with Crippen LogP contribution >= 0.6 is 0 Å². The average molecular weight is 200 g/mol. The first-order valence-corrected chi connectivity index (χ1v) is 4.71. The number of nitriles is 1. The van der Waals surface area contributed by atoms with Gasteiger partial charge in [0.1, 0.15) is 5.82 Å². The van der Waals surface area contributed by atoms with E-state index in [0.29, 0.717) is 0 Å². The molecule has 0 radical (unpaired) electrons. The molecule has 0 aliphatic rings. The topological polar surface area (TPSA) is 83.9 Å². The minimum Gasteiger partial charge on any atom is -0.225 e. The number of hydrogen-bond acceptors (Lipinski definition) is 3. The Morgan fingerprint density at radius 2 is 2.00 bits per heavy atom. The van der Waals surface area contributed by atoms with Gasteiger partial charge in [-0.25, -0.2) is 17.9 Å². The molecule has 0 aromatic heterocycles. The molecule has 0 heterocycles. The third kappa shape index (κ3) is 2.24. The SMILES string of the molecule is N#Cc1cc(F)cc(S(N)(=O)=O)c1. The Bertz CT molecular complexity index is 476. The number of nitrogens with two attached hydrogens (primary N) is 1. The number of sulfonamides is 1. The van der Waals surface area contributed by atoms with Crippen molar-refractivity contribution in [1.29, 1.82) is 5.26 Å². The van der Waals surface area contributed by atoms with Crippen molar-refractivity contribution in [1.82, 2.24) is 0 Å². The smallest absolute Gasteiger partial charge is 0.225 e. The molecule has 4 nitrogen and oxygen atoms in total. The fourth-order valence-electron chi connectivity index (χ4n) is 0.792. The first-order valence-electron chi connectivity index (χ1n) is 3.17. The molecule has 0 aliphatic heterocycles. The highest BCUT2D eigenvalue weighted by Crippen LogP contribution is 2.11. The third-order valence-electron chi connectivity index (χ3n) is 1.33. The van der Waals surface area contributed by atoms with Gasteiger partial charge < -0.3 is 0 Å². The van der Waals surface area contributed by atoms with Crippen LogP contribution in [0.1, 0.15) is 5.56 Å². The molecule has 0 amide bonds. The maximum atomic E-state index is 12.7. The van der Waals surface area contributed by atoms with Gasteiger partial charge in [0, 0.05) is 0 Å². The zero-order valence-electron chi connectivity index (χ0n) is 6.36. The van der Waals surface area contributed by atoms with Crippen LogP contribution < -0.4 is 5.14 Å². The summed E-state index contributed by atoms with van der Waals surface area (Å²) in [5.74, 6) is -0.803. The highest BCUT2D eigenvalue weighted by atomic mass is 32.2. The first kappa shape index (κ1) is 9.64. The van der Waals surface area contributed by atoms with Crippen LogP contribution in [0.2, 0.25) is 0 Å². The molecular formula is C7H5FN2O2S. The average Bonchev–Trinajstić information content (AvgIpc) is 2.01. The molecule has 0 saturated heterocycles. The molecule has 0 unspecified atom stereocenters. The Morgan fingerprint density at radius 1 is 1.38 bits per heavy atom. The van der Waals surface area contributed by atoms with Crippen molar-refractivity contribution in [2.45, 2.75) is 4.90 Å². The van der Waals surface area contributed by atoms with Crippen LogP contribution in [0.3, 0.4) is 0 Å². The fourth-order valence-corrected chi connectivity index (χ4v) is 1.36. The summed E-state index contributed by atoms with van der Waals surface area (Å²) in [5, 5.41) is 13.1. The molecule has 1 rings (SSSR count). The quantitative estimate of drug-likeness (QED) is 0.709. The van der Waals surface area contributed by atoms with Crippen LogP contribution in [0.5, 0.6) is 0 Å². The Kier molecular flexibility index (Phi) is 2.32. The number of primary sulfonamides is 1. The van der Waals surface area contributed by atoms with Crippen molar-refractivity contribution in [3.8, 4) is 6.07 Å². The number of benzene rings is 1. The molecule has 0 spiro atoms. The summed E-state index contributed by atoms with van der Waals surface area (Å²) >= 11 is 0. The Morgan fingerprint density at radius 3 is 2.46 bits per heavy atom. The molecule has 68 valence electrons. The van der Waals surface area contributed by atoms with E-state index in [0.717, 1.165) is 18.2 Å². The summed E-state index contributed by atoms with van der Waals surface area (Å²) in [4.78, 5) is -0.399. The number of rotatable bonds is 1. The van der Waals surface area contributed by atoms with Gasteiger partial charge in [0.2, 0.25) is 10.0 Å². The molecule has 6 heteroatoms. The van der Waals surface area contributed by atoms with E-state index >= 15 is 0 Å². The van der Waals surface area contributed by atoms with Crippen LogP contribution in [0.25, 0.3) is 0 Å². The fraction of sp³-hybridized carbons (Fsp3) is 0. The number of hydrogen-bond donors (Lipinski definition) is 1. The Hall–Kier alpha value is -1.45. The van der Waals surface area contributed by atoms with Gasteiger partial charge in [-0.3, -0.25) is 0 Å². The Balaban J connectivity index is 3.44. The van der Waals surface area contributed by atoms with Crippen LogP contribution in [0.15, 0.2) is 23.1 Å². The monoisotopic (exact) mass is 200 g/mol. The van der Waals surface area contributed by atoms with Gasteiger partial charge in [0.05, 0.1) is 16.5 Å². The maximum absolute atomic E-state index is 12.7. The van der Waals surface area contributed by atoms with Crippen LogP contribution in [-0.4, -0.2) is 8.42 Å². The van der Waals surface area contributed by atoms with Crippen molar-refractivity contribution in [2.75, 3.05) is 0 Å². The predicted octanol–water partition coefficient (Wildman–Crippen LogP) is 0.345. The Labute approximate surface area is 74.5 Å². The van der Waals surface area contributed by atoms with Crippen molar-refractivity contribution in [3.05, 3.63) is 29.6 Å². The molecular weight excluding hydrogens is 195 g/mol. The van der Waals surface area contributed by atoms with Gasteiger partial charge in [0.25, 0.3) is 0 Å². The second kappa shape index (κ2) is 3.12. The summed E-state index contributed by atoms with van der Waals surface area (Å²) < 4.78 is 34.2. The molecule has 1 aromatic rings. The summed E-state index contributed by atoms with van der Waals surface area (Å²) in [5.41, 5.74) is -0.0796. The van der Waals surface area contributed by atoms with Gasteiger partial charge in [-0.2, -0.15) is 5.26 Å². The highest BCUT2D eigenvalue weighted by molar-refractivity contribution is 7.89. The van der Waals surface area contributed by atoms with E-state index in [1.165, 1.54) is 0 Å². The largest absolute Gasteiger partial charge is 0.238 e. The molecule has 0 bridgehead atoms. The number of halogens is 1. The summed E-state index contributed by atoms with van der Waals surface area (Å²) in [6, 6.07) is 4.32. The lowest BCUT2D eigenvalue weighted by Gasteiger charge is -1.98. The van der Waals surface area contributed by atoms with Gasteiger partial charge in [-0.1, -0.05) is 0 Å². The lowest BCUT2D eigenvalue weighted by Crippen LogP contribution is -2.12. The molecule has 0 atom stereocenters. The molecule has 0 aliphatic carbocycles. The maximum Gasteiger partial charge on any atom is 0.238 e. The van der Waals surface area contributed by atoms with Gasteiger partial charge in [-0.05, 0) is 18.2 Å². The third-order valence-corrected chi connectivity index (χ3v) is 2.22. The molecule has 13 heavy (non-hydrogen) atoms. The minimum atomic E-state index is -3.95. The normalized spacial score (nSPS) is 10.8. The lowest BCUT2D eigenvalue weighted by molar-refractivity contribution is 0.592. The zero-order valence-corrected chi connectivity index (χ0v) is 7.18. The standard InChI is InChI=1S/C7H5FN2O2S/c8-6-1-5(4-9)2-7(3-6)13(10,11)12/h1-3H,(H2,10,11,12). The van der Waals surface area contributed by atoms with Crippen molar-refractivity contribution in [2.24, 2.45) is 5.14 Å². The van der Waals surface area contributed by atoms with E-state index in [2.05, 4.69) is 0 Å². The van der Waals surface area contributed by atoms with E-state index in [1.807, 2.05) is 0 Å². The summed E-state index contributed by atoms with van der Waals surface area (Å²) in [7, 11) is -3.95. The first-order chi connectivity index (χ1) is 5.93. The second-order valence-corrected chi connectivity index (χ2v) is 3.89. The molecule has 1 aromatic carbocycles. The van der Waals surface area contributed by atoms with Crippen LogP contribution in [0.4, 0.5) is 4.39 Å². The van der Waals surface area contributed by atoms with Crippen molar-refractivity contribution >= 4 is 10.0 Å². The van der Waals surface area contributed by atoms with E-state index in [4.69, 9.17) is 10.4 Å². The second-order valence-electron chi connectivity index (χ2n) is 2.33. The molecule has 2 N–H and O–H groups in total. The number of nitrogens with zero attached hydrogens (tertiary/aromatic N) is 1. The van der Waals surface area contributed by atoms with Crippen molar-refractivity contribution < 1.29 is 12.8 Å². The van der Waals surface area contributed by atoms with Crippen LogP contribution in [0, 0.1) is 17.1 Å². The highest BCUT2D eigenvalue weighted by Gasteiger charge is 2.10. The predicted molar refractivity (Wildman–Crippen MR) is 42.5 cm³/mol. The molecule has 0 fully saturated rings. The lowest BCUT2D eigenvalue weighted by atomic mass is 10.2. The van der Waals surface area contributed by atoms with Crippen LogP contribution in [-0.2, 0) is 10.0 Å². The van der Waals surface area contributed by atoms with E-state index < -0.39 is 20.7 Å². The van der Waals surface area contributed by atoms with Crippen molar-refractivity contribution in [3.63, 3.8) is 0 Å². The van der Waals surface area contributed by atoms with Gasteiger partial charge in [-0.15, -0.1) is 0 Å². The summed E-state index contributed by atoms with van der Waals surface area (Å²) in [6.45, 7) is 0. The van der Waals surface area contributed by atoms with E-state index in [1.54, 1.807) is 6.07 Å². The zero-order chi connectivity index (χ0) is 10.1. The van der Waals surface area contributed by atoms with E-state index in [-0.39, 0.29) is 5.56 Å². The summed E-state index contributed by atoms with van der Waals surface area (Å²) in [6.07, 6.45) is 0. The minimum absolute atomic E-state index is 0.0796.